The Kier molecular flexibility index (Phi) is 3.89. The largest absolute Gasteiger partial charge is 0.366 e. The number of aromatic nitrogens is 1. The van der Waals surface area contributed by atoms with Crippen LogP contribution < -0.4 is 11.1 Å². The van der Waals surface area contributed by atoms with Gasteiger partial charge in [-0.05, 0) is 44.7 Å². The predicted octanol–water partition coefficient (Wildman–Crippen LogP) is 3.00. The first kappa shape index (κ1) is 13.9. The molecule has 0 atom stereocenters. The van der Waals surface area contributed by atoms with E-state index >= 15 is 0 Å². The zero-order chi connectivity index (χ0) is 14.7. The summed E-state index contributed by atoms with van der Waals surface area (Å²) in [6.07, 6.45) is 3.59. The molecule has 0 aliphatic carbocycles. The van der Waals surface area contributed by atoms with Crippen molar-refractivity contribution in [3.05, 3.63) is 47.5 Å². The molecule has 5 nitrogen and oxygen atoms in total. The van der Waals surface area contributed by atoms with E-state index in [2.05, 4.69) is 10.5 Å². The molecular formula is C15H17N3O2. The molecule has 3 N–H and O–H groups in total. The molecule has 0 spiro atoms. The lowest BCUT2D eigenvalue weighted by molar-refractivity contribution is 0.100. The van der Waals surface area contributed by atoms with Gasteiger partial charge in [-0.3, -0.25) is 4.79 Å². The number of anilines is 1. The van der Waals surface area contributed by atoms with Crippen LogP contribution in [0.4, 0.5) is 5.69 Å². The number of nitrogens with one attached hydrogen (secondary N) is 1. The van der Waals surface area contributed by atoms with Gasteiger partial charge < -0.3 is 15.6 Å². The normalized spacial score (nSPS) is 10.9. The van der Waals surface area contributed by atoms with Gasteiger partial charge in [-0.2, -0.15) is 0 Å². The minimum Gasteiger partial charge on any atom is -0.366 e. The average molecular weight is 271 g/mol. The van der Waals surface area contributed by atoms with Crippen molar-refractivity contribution in [2.75, 3.05) is 5.32 Å². The number of hydrogen-bond acceptors (Lipinski definition) is 4. The molecular weight excluding hydrogens is 254 g/mol. The fourth-order valence-corrected chi connectivity index (χ4v) is 2.10. The third kappa shape index (κ3) is 2.56. The van der Waals surface area contributed by atoms with Crippen molar-refractivity contribution in [1.29, 1.82) is 0 Å². The molecule has 0 aliphatic heterocycles. The summed E-state index contributed by atoms with van der Waals surface area (Å²) in [5.41, 5.74) is 9.09. The number of carbonyl (C=O) groups is 1. The molecule has 1 heterocycles. The summed E-state index contributed by atoms with van der Waals surface area (Å²) in [6, 6.07) is 5.48. The van der Waals surface area contributed by atoms with Crippen LogP contribution in [0.15, 0.2) is 35.0 Å². The Morgan fingerprint density at radius 1 is 1.40 bits per heavy atom. The van der Waals surface area contributed by atoms with Crippen molar-refractivity contribution in [2.45, 2.75) is 20.8 Å². The van der Waals surface area contributed by atoms with Crippen LogP contribution >= 0.6 is 0 Å². The molecule has 2 rings (SSSR count). The second kappa shape index (κ2) is 5.61. The summed E-state index contributed by atoms with van der Waals surface area (Å²) in [4.78, 5) is 11.6. The van der Waals surface area contributed by atoms with Crippen LogP contribution in [0.2, 0.25) is 0 Å². The Morgan fingerprint density at radius 2 is 2.15 bits per heavy atom. The molecule has 5 heteroatoms. The van der Waals surface area contributed by atoms with Gasteiger partial charge in [0, 0.05) is 5.56 Å². The molecule has 1 aromatic carbocycles. The van der Waals surface area contributed by atoms with Gasteiger partial charge in [0.25, 0.3) is 5.91 Å². The maximum absolute atomic E-state index is 11.6. The summed E-state index contributed by atoms with van der Waals surface area (Å²) in [5, 5.41) is 6.95. The van der Waals surface area contributed by atoms with Crippen molar-refractivity contribution in [2.24, 2.45) is 5.73 Å². The number of aryl methyl sites for hydroxylation is 2. The third-order valence-electron chi connectivity index (χ3n) is 3.01. The van der Waals surface area contributed by atoms with Gasteiger partial charge in [-0.25, -0.2) is 0 Å². The highest BCUT2D eigenvalue weighted by Gasteiger charge is 2.15. The van der Waals surface area contributed by atoms with Crippen LogP contribution in [0, 0.1) is 13.8 Å². The Morgan fingerprint density at radius 3 is 2.70 bits per heavy atom. The quantitative estimate of drug-likeness (QED) is 0.895. The number of carbonyl (C=O) groups excluding carboxylic acids is 1. The second-order valence-electron chi connectivity index (χ2n) is 4.47. The van der Waals surface area contributed by atoms with Crippen LogP contribution in [0.1, 0.15) is 28.7 Å². The predicted molar refractivity (Wildman–Crippen MR) is 78.4 cm³/mol. The van der Waals surface area contributed by atoms with E-state index in [1.54, 1.807) is 12.3 Å². The number of allylic oxidation sites excluding steroid dienone is 1. The zero-order valence-corrected chi connectivity index (χ0v) is 11.7. The third-order valence-corrected chi connectivity index (χ3v) is 3.01. The van der Waals surface area contributed by atoms with Crippen molar-refractivity contribution in [3.8, 4) is 11.1 Å². The van der Waals surface area contributed by atoms with Crippen molar-refractivity contribution < 1.29 is 9.32 Å². The van der Waals surface area contributed by atoms with E-state index in [1.807, 2.05) is 39.0 Å². The monoisotopic (exact) mass is 271 g/mol. The molecule has 0 radical (unpaired) electrons. The van der Waals surface area contributed by atoms with E-state index < -0.39 is 5.91 Å². The highest BCUT2D eigenvalue weighted by molar-refractivity contribution is 6.00. The smallest absolute Gasteiger partial charge is 0.250 e. The Bertz CT molecular complexity index is 652. The van der Waals surface area contributed by atoms with E-state index in [1.165, 1.54) is 0 Å². The maximum Gasteiger partial charge on any atom is 0.250 e. The van der Waals surface area contributed by atoms with E-state index in [0.717, 1.165) is 16.8 Å². The maximum atomic E-state index is 11.6. The first-order chi connectivity index (χ1) is 9.54. The van der Waals surface area contributed by atoms with Gasteiger partial charge in [0.1, 0.15) is 5.76 Å². The topological polar surface area (TPSA) is 81.2 Å². The first-order valence-corrected chi connectivity index (χ1v) is 6.29. The standard InChI is InChI=1S/C15H17N3O2/c1-4-7-17-13-6-5-11(8-12(13)15(16)19)14-9(2)18-20-10(14)3/h4-8,17H,1-3H3,(H2,16,19)/b7-4-. The highest BCUT2D eigenvalue weighted by atomic mass is 16.5. The SMILES string of the molecule is C/C=C\Nc1ccc(-c2c(C)noc2C)cc1C(N)=O. The number of hydrogen-bond donors (Lipinski definition) is 2. The van der Waals surface area contributed by atoms with E-state index in [-0.39, 0.29) is 0 Å². The van der Waals surface area contributed by atoms with Crippen LogP contribution in [0.25, 0.3) is 11.1 Å². The van der Waals surface area contributed by atoms with Gasteiger partial charge >= 0.3 is 0 Å². The van der Waals surface area contributed by atoms with Gasteiger partial charge in [0.05, 0.1) is 16.9 Å². The summed E-state index contributed by atoms with van der Waals surface area (Å²) in [5.74, 6) is 0.234. The molecule has 0 bridgehead atoms. The average Bonchev–Trinajstić information content (AvgIpc) is 2.75. The zero-order valence-electron chi connectivity index (χ0n) is 11.7. The second-order valence-corrected chi connectivity index (χ2v) is 4.47. The lowest BCUT2D eigenvalue weighted by Gasteiger charge is -2.09. The van der Waals surface area contributed by atoms with Crippen LogP contribution in [-0.4, -0.2) is 11.1 Å². The van der Waals surface area contributed by atoms with E-state index in [0.29, 0.717) is 17.0 Å². The molecule has 0 saturated heterocycles. The van der Waals surface area contributed by atoms with Crippen molar-refractivity contribution >= 4 is 11.6 Å². The number of amides is 1. The molecule has 0 unspecified atom stereocenters. The molecule has 20 heavy (non-hydrogen) atoms. The Labute approximate surface area is 117 Å². The van der Waals surface area contributed by atoms with Crippen molar-refractivity contribution in [3.63, 3.8) is 0 Å². The Balaban J connectivity index is 2.53. The molecule has 0 aliphatic rings. The molecule has 0 fully saturated rings. The van der Waals surface area contributed by atoms with Crippen LogP contribution in [0.5, 0.6) is 0 Å². The summed E-state index contributed by atoms with van der Waals surface area (Å²) in [6.45, 7) is 5.59. The molecule has 2 aromatic rings. The summed E-state index contributed by atoms with van der Waals surface area (Å²) in [7, 11) is 0. The molecule has 104 valence electrons. The summed E-state index contributed by atoms with van der Waals surface area (Å²) >= 11 is 0. The van der Waals surface area contributed by atoms with Crippen LogP contribution in [0.3, 0.4) is 0 Å². The lowest BCUT2D eigenvalue weighted by Crippen LogP contribution is -2.13. The number of benzene rings is 1. The minimum absolute atomic E-state index is 0.431. The first-order valence-electron chi connectivity index (χ1n) is 6.29. The Hall–Kier alpha value is -2.56. The number of nitrogens with two attached hydrogens (primary N) is 1. The molecule has 0 saturated carbocycles. The fraction of sp³-hybridized carbons (Fsp3) is 0.200. The van der Waals surface area contributed by atoms with Crippen LogP contribution in [-0.2, 0) is 0 Å². The van der Waals surface area contributed by atoms with Crippen molar-refractivity contribution in [1.82, 2.24) is 5.16 Å². The minimum atomic E-state index is -0.481. The van der Waals surface area contributed by atoms with E-state index in [4.69, 9.17) is 10.3 Å². The number of primary amides is 1. The van der Waals surface area contributed by atoms with Gasteiger partial charge in [0.2, 0.25) is 0 Å². The molecule has 1 aromatic heterocycles. The summed E-state index contributed by atoms with van der Waals surface area (Å²) < 4.78 is 5.15. The number of rotatable bonds is 4. The van der Waals surface area contributed by atoms with E-state index in [9.17, 15) is 4.79 Å². The van der Waals surface area contributed by atoms with Gasteiger partial charge in [0.15, 0.2) is 0 Å². The molecule has 1 amide bonds. The van der Waals surface area contributed by atoms with Gasteiger partial charge in [-0.15, -0.1) is 0 Å². The lowest BCUT2D eigenvalue weighted by atomic mass is 10.0. The van der Waals surface area contributed by atoms with Gasteiger partial charge in [-0.1, -0.05) is 17.3 Å². The highest BCUT2D eigenvalue weighted by Crippen LogP contribution is 2.30. The number of nitrogens with zero attached hydrogens (tertiary/aromatic N) is 1. The fourth-order valence-electron chi connectivity index (χ4n) is 2.10.